The van der Waals surface area contributed by atoms with Gasteiger partial charge >= 0.3 is 0 Å². The number of nitrogens with zero attached hydrogens (tertiary/aromatic N) is 1. The third-order valence-corrected chi connectivity index (χ3v) is 3.52. The molecular formula is C18H24N2O3. The third kappa shape index (κ3) is 5.71. The average Bonchev–Trinajstić information content (AvgIpc) is 2.56. The van der Waals surface area contributed by atoms with Crippen molar-refractivity contribution in [3.63, 3.8) is 0 Å². The lowest BCUT2D eigenvalue weighted by molar-refractivity contribution is -0.124. The SMILES string of the molecule is CC[C@H](C=C(C)C=CC(=O)NO)C(=O)c1ccc(N(C)C)cc1. The Morgan fingerprint density at radius 2 is 1.83 bits per heavy atom. The van der Waals surface area contributed by atoms with Gasteiger partial charge in [-0.2, -0.15) is 0 Å². The van der Waals surface area contributed by atoms with Gasteiger partial charge in [-0.15, -0.1) is 0 Å². The Morgan fingerprint density at radius 3 is 2.30 bits per heavy atom. The van der Waals surface area contributed by atoms with E-state index in [1.165, 1.54) is 11.6 Å². The van der Waals surface area contributed by atoms with Gasteiger partial charge < -0.3 is 4.90 Å². The molecule has 0 unspecified atom stereocenters. The summed E-state index contributed by atoms with van der Waals surface area (Å²) in [6, 6.07) is 7.50. The molecule has 0 aromatic heterocycles. The van der Waals surface area contributed by atoms with E-state index in [4.69, 9.17) is 5.21 Å². The monoisotopic (exact) mass is 316 g/mol. The lowest BCUT2D eigenvalue weighted by Gasteiger charge is -2.14. The number of hydroxylamine groups is 1. The lowest BCUT2D eigenvalue weighted by atomic mass is 9.93. The van der Waals surface area contributed by atoms with Crippen LogP contribution in [0.2, 0.25) is 0 Å². The fourth-order valence-electron chi connectivity index (χ4n) is 2.13. The van der Waals surface area contributed by atoms with Gasteiger partial charge in [-0.05, 0) is 37.6 Å². The zero-order valence-electron chi connectivity index (χ0n) is 14.0. The quantitative estimate of drug-likeness (QED) is 0.267. The van der Waals surface area contributed by atoms with Gasteiger partial charge in [0.1, 0.15) is 0 Å². The lowest BCUT2D eigenvalue weighted by Crippen LogP contribution is -2.15. The number of benzene rings is 1. The number of rotatable bonds is 7. The molecule has 0 radical (unpaired) electrons. The molecule has 1 rings (SSSR count). The number of nitrogens with one attached hydrogen (secondary N) is 1. The summed E-state index contributed by atoms with van der Waals surface area (Å²) in [7, 11) is 3.90. The normalized spacial score (nSPS) is 13.0. The van der Waals surface area contributed by atoms with Crippen LogP contribution in [-0.4, -0.2) is 31.0 Å². The maximum absolute atomic E-state index is 12.6. The van der Waals surface area contributed by atoms with Gasteiger partial charge in [-0.25, -0.2) is 5.48 Å². The molecule has 5 nitrogen and oxygen atoms in total. The predicted octanol–water partition coefficient (Wildman–Crippen LogP) is 2.97. The van der Waals surface area contributed by atoms with Crippen LogP contribution < -0.4 is 10.4 Å². The third-order valence-electron chi connectivity index (χ3n) is 3.52. The van der Waals surface area contributed by atoms with E-state index in [2.05, 4.69) is 0 Å². The Bertz CT molecular complexity index is 601. The van der Waals surface area contributed by atoms with Crippen LogP contribution in [0.4, 0.5) is 5.69 Å². The molecule has 0 aliphatic carbocycles. The number of amides is 1. The molecule has 1 atom stereocenters. The Morgan fingerprint density at radius 1 is 1.22 bits per heavy atom. The van der Waals surface area contributed by atoms with Crippen molar-refractivity contribution in [2.24, 2.45) is 5.92 Å². The van der Waals surface area contributed by atoms with Gasteiger partial charge in [0.15, 0.2) is 5.78 Å². The molecule has 0 aliphatic heterocycles. The first-order valence-corrected chi connectivity index (χ1v) is 7.51. The van der Waals surface area contributed by atoms with Crippen molar-refractivity contribution in [1.82, 2.24) is 5.48 Å². The zero-order valence-corrected chi connectivity index (χ0v) is 14.0. The van der Waals surface area contributed by atoms with Gasteiger partial charge in [-0.1, -0.05) is 24.6 Å². The fourth-order valence-corrected chi connectivity index (χ4v) is 2.13. The number of carbonyl (C=O) groups is 2. The van der Waals surface area contributed by atoms with E-state index in [1.807, 2.05) is 63.2 Å². The van der Waals surface area contributed by atoms with E-state index in [0.29, 0.717) is 12.0 Å². The number of hydrogen-bond acceptors (Lipinski definition) is 4. The zero-order chi connectivity index (χ0) is 17.4. The molecule has 0 saturated carbocycles. The number of ketones is 1. The molecule has 1 aromatic carbocycles. The summed E-state index contributed by atoms with van der Waals surface area (Å²) in [6.45, 7) is 3.76. The van der Waals surface area contributed by atoms with Gasteiger partial charge in [0.2, 0.25) is 0 Å². The van der Waals surface area contributed by atoms with E-state index in [-0.39, 0.29) is 11.7 Å². The van der Waals surface area contributed by atoms with Crippen LogP contribution in [0.15, 0.2) is 48.1 Å². The Kier molecular flexibility index (Phi) is 7.22. The van der Waals surface area contributed by atoms with Crippen LogP contribution in [0, 0.1) is 5.92 Å². The van der Waals surface area contributed by atoms with Crippen molar-refractivity contribution in [2.45, 2.75) is 20.3 Å². The molecule has 0 spiro atoms. The summed E-state index contributed by atoms with van der Waals surface area (Å²) in [5.41, 5.74) is 4.03. The highest BCUT2D eigenvalue weighted by Crippen LogP contribution is 2.19. The Hall–Kier alpha value is -2.40. The summed E-state index contributed by atoms with van der Waals surface area (Å²) in [6.07, 6.45) is 5.29. The molecule has 0 bridgehead atoms. The van der Waals surface area contributed by atoms with E-state index in [9.17, 15) is 9.59 Å². The number of anilines is 1. The highest BCUT2D eigenvalue weighted by atomic mass is 16.5. The van der Waals surface area contributed by atoms with E-state index < -0.39 is 5.91 Å². The first-order chi connectivity index (χ1) is 10.9. The molecule has 0 fully saturated rings. The van der Waals surface area contributed by atoms with Crippen LogP contribution in [-0.2, 0) is 4.79 Å². The second-order valence-electron chi connectivity index (χ2n) is 5.54. The molecule has 5 heteroatoms. The molecule has 0 heterocycles. The van der Waals surface area contributed by atoms with Crippen molar-refractivity contribution in [1.29, 1.82) is 0 Å². The van der Waals surface area contributed by atoms with Crippen LogP contribution in [0.3, 0.4) is 0 Å². The second kappa shape index (κ2) is 8.90. The predicted molar refractivity (Wildman–Crippen MR) is 91.7 cm³/mol. The van der Waals surface area contributed by atoms with Crippen molar-refractivity contribution < 1.29 is 14.8 Å². The molecule has 1 amide bonds. The minimum atomic E-state index is -0.601. The molecular weight excluding hydrogens is 292 g/mol. The van der Waals surface area contributed by atoms with E-state index >= 15 is 0 Å². The van der Waals surface area contributed by atoms with Gasteiger partial charge in [0, 0.05) is 37.3 Å². The summed E-state index contributed by atoms with van der Waals surface area (Å²) < 4.78 is 0. The smallest absolute Gasteiger partial charge is 0.267 e. The maximum atomic E-state index is 12.6. The molecule has 0 aliphatic rings. The molecule has 1 aromatic rings. The van der Waals surface area contributed by atoms with Crippen LogP contribution in [0.25, 0.3) is 0 Å². The van der Waals surface area contributed by atoms with Gasteiger partial charge in [0.05, 0.1) is 0 Å². The van der Waals surface area contributed by atoms with Crippen molar-refractivity contribution >= 4 is 17.4 Å². The molecule has 0 saturated heterocycles. The standard InChI is InChI=1S/C18H24N2O3/c1-5-14(12-13(2)6-11-17(21)19-23)18(22)15-7-9-16(10-8-15)20(3)4/h6-12,14,23H,5H2,1-4H3,(H,19,21)/t14-/m1/s1. The van der Waals surface area contributed by atoms with Crippen molar-refractivity contribution in [2.75, 3.05) is 19.0 Å². The summed E-state index contributed by atoms with van der Waals surface area (Å²) in [5, 5.41) is 8.45. The number of allylic oxidation sites excluding steroid dienone is 3. The minimum Gasteiger partial charge on any atom is -0.378 e. The molecule has 124 valence electrons. The first kappa shape index (κ1) is 18.6. The van der Waals surface area contributed by atoms with Crippen molar-refractivity contribution in [3.8, 4) is 0 Å². The minimum absolute atomic E-state index is 0.0529. The van der Waals surface area contributed by atoms with Crippen molar-refractivity contribution in [3.05, 3.63) is 53.6 Å². The van der Waals surface area contributed by atoms with Gasteiger partial charge in [0.25, 0.3) is 5.91 Å². The fraction of sp³-hybridized carbons (Fsp3) is 0.333. The second-order valence-corrected chi connectivity index (χ2v) is 5.54. The highest BCUT2D eigenvalue weighted by Gasteiger charge is 2.16. The van der Waals surface area contributed by atoms with E-state index in [1.54, 1.807) is 6.08 Å². The van der Waals surface area contributed by atoms with Crippen LogP contribution in [0.1, 0.15) is 30.6 Å². The Balaban J connectivity index is 2.89. The number of Topliss-reactive ketones (excluding diaryl/α,β-unsaturated/α-hetero) is 1. The average molecular weight is 316 g/mol. The summed E-state index contributed by atoms with van der Waals surface area (Å²) >= 11 is 0. The molecule has 23 heavy (non-hydrogen) atoms. The number of carbonyl (C=O) groups excluding carboxylic acids is 2. The molecule has 2 N–H and O–H groups in total. The largest absolute Gasteiger partial charge is 0.378 e. The highest BCUT2D eigenvalue weighted by molar-refractivity contribution is 5.99. The maximum Gasteiger partial charge on any atom is 0.267 e. The van der Waals surface area contributed by atoms with Crippen LogP contribution in [0.5, 0.6) is 0 Å². The van der Waals surface area contributed by atoms with E-state index in [0.717, 1.165) is 11.3 Å². The summed E-state index contributed by atoms with van der Waals surface area (Å²) in [4.78, 5) is 25.5. The topological polar surface area (TPSA) is 69.6 Å². The first-order valence-electron chi connectivity index (χ1n) is 7.51. The van der Waals surface area contributed by atoms with Gasteiger partial charge in [-0.3, -0.25) is 14.8 Å². The van der Waals surface area contributed by atoms with Crippen LogP contribution >= 0.6 is 0 Å². The Labute approximate surface area is 137 Å². The number of hydrogen-bond donors (Lipinski definition) is 2. The summed E-state index contributed by atoms with van der Waals surface area (Å²) in [5.74, 6) is -0.796.